The van der Waals surface area contributed by atoms with Crippen LogP contribution in [-0.4, -0.2) is 73.4 Å². The van der Waals surface area contributed by atoms with Crippen molar-refractivity contribution in [1.82, 2.24) is 9.80 Å². The molecule has 18 heavy (non-hydrogen) atoms. The molecule has 0 aromatic heterocycles. The zero-order valence-electron chi connectivity index (χ0n) is 11.6. The maximum Gasteiger partial charge on any atom is 0.305 e. The lowest BCUT2D eigenvalue weighted by atomic mass is 10.2. The molecule has 1 aliphatic heterocycles. The third-order valence-electron chi connectivity index (χ3n) is 3.49. The van der Waals surface area contributed by atoms with Gasteiger partial charge in [0.05, 0.1) is 13.2 Å². The van der Waals surface area contributed by atoms with E-state index < -0.39 is 0 Å². The van der Waals surface area contributed by atoms with Gasteiger partial charge in [-0.25, -0.2) is 0 Å². The van der Waals surface area contributed by atoms with Gasteiger partial charge in [-0.15, -0.1) is 0 Å². The van der Waals surface area contributed by atoms with Crippen LogP contribution < -0.4 is 0 Å². The molecule has 1 fully saturated rings. The van der Waals surface area contributed by atoms with Crippen LogP contribution in [0.5, 0.6) is 0 Å². The molecule has 5 nitrogen and oxygen atoms in total. The van der Waals surface area contributed by atoms with Gasteiger partial charge < -0.3 is 14.7 Å². The second kappa shape index (κ2) is 8.45. The Morgan fingerprint density at radius 1 is 1.28 bits per heavy atom. The highest BCUT2D eigenvalue weighted by Gasteiger charge is 2.18. The molecule has 0 spiro atoms. The maximum atomic E-state index is 11.0. The summed E-state index contributed by atoms with van der Waals surface area (Å²) in [6.07, 6.45) is 1.99. The van der Waals surface area contributed by atoms with Crippen LogP contribution in [0.4, 0.5) is 0 Å². The number of hydrogen-bond donors (Lipinski definition) is 1. The second-order valence-corrected chi connectivity index (χ2v) is 4.88. The number of aliphatic hydroxyl groups excluding tert-OH is 1. The lowest BCUT2D eigenvalue weighted by Crippen LogP contribution is -2.48. The zero-order valence-corrected chi connectivity index (χ0v) is 11.6. The molecule has 0 aliphatic carbocycles. The Morgan fingerprint density at radius 3 is 2.44 bits per heavy atom. The first-order chi connectivity index (χ1) is 8.65. The van der Waals surface area contributed by atoms with Gasteiger partial charge in [-0.1, -0.05) is 6.92 Å². The lowest BCUT2D eigenvalue weighted by molar-refractivity contribution is -0.140. The van der Waals surface area contributed by atoms with Crippen molar-refractivity contribution >= 4 is 5.97 Å². The van der Waals surface area contributed by atoms with Gasteiger partial charge in [-0.3, -0.25) is 9.69 Å². The van der Waals surface area contributed by atoms with E-state index in [0.717, 1.165) is 52.1 Å². The van der Waals surface area contributed by atoms with E-state index in [1.165, 1.54) is 7.11 Å². The molecule has 1 saturated heterocycles. The first-order valence-electron chi connectivity index (χ1n) is 6.85. The Morgan fingerprint density at radius 2 is 1.89 bits per heavy atom. The Bertz CT molecular complexity index is 240. The van der Waals surface area contributed by atoms with Gasteiger partial charge in [-0.05, 0) is 19.4 Å². The fraction of sp³-hybridized carbons (Fsp3) is 0.923. The monoisotopic (exact) mass is 258 g/mol. The first kappa shape index (κ1) is 15.4. The normalized spacial score (nSPS) is 19.7. The summed E-state index contributed by atoms with van der Waals surface area (Å²) >= 11 is 0. The minimum absolute atomic E-state index is 0.125. The number of hydrogen-bond acceptors (Lipinski definition) is 5. The largest absolute Gasteiger partial charge is 0.469 e. The highest BCUT2D eigenvalue weighted by Crippen LogP contribution is 2.05. The number of aliphatic hydroxyl groups is 1. The predicted octanol–water partition coefficient (Wildman–Crippen LogP) is 0.328. The van der Waals surface area contributed by atoms with Crippen molar-refractivity contribution in [2.75, 3.05) is 46.4 Å². The van der Waals surface area contributed by atoms with Crippen LogP contribution >= 0.6 is 0 Å². The van der Waals surface area contributed by atoms with E-state index in [1.807, 2.05) is 6.92 Å². The topological polar surface area (TPSA) is 53.0 Å². The number of methoxy groups -OCH3 is 1. The smallest absolute Gasteiger partial charge is 0.305 e. The summed E-state index contributed by atoms with van der Waals surface area (Å²) in [4.78, 5) is 15.7. The quantitative estimate of drug-likeness (QED) is 0.667. The minimum atomic E-state index is -0.198. The van der Waals surface area contributed by atoms with Crippen LogP contribution in [0.15, 0.2) is 0 Å². The van der Waals surface area contributed by atoms with Crippen LogP contribution in [0.25, 0.3) is 0 Å². The van der Waals surface area contributed by atoms with Crippen LogP contribution in [0.3, 0.4) is 0 Å². The number of nitrogens with zero attached hydrogens (tertiary/aromatic N) is 2. The first-order valence-corrected chi connectivity index (χ1v) is 6.85. The van der Waals surface area contributed by atoms with Gasteiger partial charge in [0.1, 0.15) is 0 Å². The molecule has 1 atom stereocenters. The molecule has 5 heteroatoms. The van der Waals surface area contributed by atoms with E-state index in [-0.39, 0.29) is 12.1 Å². The van der Waals surface area contributed by atoms with Crippen LogP contribution in [0, 0.1) is 0 Å². The number of rotatable bonds is 7. The number of esters is 1. The van der Waals surface area contributed by atoms with E-state index >= 15 is 0 Å². The molecule has 0 aromatic rings. The Kier molecular flexibility index (Phi) is 7.23. The van der Waals surface area contributed by atoms with Crippen LogP contribution in [-0.2, 0) is 9.53 Å². The molecule has 0 aromatic carbocycles. The number of piperazine rings is 1. The van der Waals surface area contributed by atoms with Gasteiger partial charge in [0.25, 0.3) is 0 Å². The summed E-state index contributed by atoms with van der Waals surface area (Å²) in [5.41, 5.74) is 0. The highest BCUT2D eigenvalue weighted by atomic mass is 16.5. The van der Waals surface area contributed by atoms with Crippen molar-refractivity contribution in [3.63, 3.8) is 0 Å². The predicted molar refractivity (Wildman–Crippen MR) is 70.4 cm³/mol. The third-order valence-corrected chi connectivity index (χ3v) is 3.49. The zero-order chi connectivity index (χ0) is 13.4. The summed E-state index contributed by atoms with van der Waals surface area (Å²) in [5, 5.41) is 9.60. The molecule has 1 unspecified atom stereocenters. The van der Waals surface area contributed by atoms with Gasteiger partial charge in [0, 0.05) is 39.1 Å². The number of β-amino-alcohol motifs (C(OH)–C–C–N with tert-alkyl or cyclic N) is 1. The van der Waals surface area contributed by atoms with E-state index in [4.69, 9.17) is 0 Å². The van der Waals surface area contributed by atoms with E-state index in [1.54, 1.807) is 0 Å². The molecule has 0 radical (unpaired) electrons. The Balaban J connectivity index is 2.10. The number of ether oxygens (including phenoxy) is 1. The molecule has 106 valence electrons. The van der Waals surface area contributed by atoms with E-state index in [2.05, 4.69) is 14.5 Å². The summed E-state index contributed by atoms with van der Waals surface area (Å²) < 4.78 is 4.62. The summed E-state index contributed by atoms with van der Waals surface area (Å²) in [6, 6.07) is 0. The number of carbonyl (C=O) groups excluding carboxylic acids is 1. The van der Waals surface area contributed by atoms with Gasteiger partial charge in [0.15, 0.2) is 0 Å². The van der Waals surface area contributed by atoms with Crippen LogP contribution in [0.1, 0.15) is 26.2 Å². The Hall–Kier alpha value is -0.650. The Labute approximate surface area is 110 Å². The molecule has 1 rings (SSSR count). The standard InChI is InChI=1S/C13H26N2O3/c1-3-12(16)11-15-9-7-14(8-10-15)6-4-5-13(17)18-2/h12,16H,3-11H2,1-2H3. The third kappa shape index (κ3) is 5.80. The second-order valence-electron chi connectivity index (χ2n) is 4.88. The average Bonchev–Trinajstić information content (AvgIpc) is 2.40. The maximum absolute atomic E-state index is 11.0. The van der Waals surface area contributed by atoms with Crippen molar-refractivity contribution in [3.8, 4) is 0 Å². The molecule has 0 amide bonds. The molecule has 1 N–H and O–H groups in total. The molecular weight excluding hydrogens is 232 g/mol. The van der Waals surface area contributed by atoms with Gasteiger partial charge in [-0.2, -0.15) is 0 Å². The van der Waals surface area contributed by atoms with Crippen molar-refractivity contribution in [2.24, 2.45) is 0 Å². The molecule has 0 saturated carbocycles. The van der Waals surface area contributed by atoms with E-state index in [0.29, 0.717) is 6.42 Å². The fourth-order valence-electron chi connectivity index (χ4n) is 2.17. The SMILES string of the molecule is CCC(O)CN1CCN(CCCC(=O)OC)CC1. The van der Waals surface area contributed by atoms with Crippen molar-refractivity contribution in [1.29, 1.82) is 0 Å². The lowest BCUT2D eigenvalue weighted by Gasteiger charge is -2.35. The molecular formula is C13H26N2O3. The minimum Gasteiger partial charge on any atom is -0.469 e. The molecule has 1 aliphatic rings. The summed E-state index contributed by atoms with van der Waals surface area (Å²) in [7, 11) is 1.43. The molecule has 1 heterocycles. The average molecular weight is 258 g/mol. The van der Waals surface area contributed by atoms with Crippen LogP contribution in [0.2, 0.25) is 0 Å². The summed E-state index contributed by atoms with van der Waals surface area (Å²) in [5.74, 6) is -0.125. The van der Waals surface area contributed by atoms with E-state index in [9.17, 15) is 9.90 Å². The van der Waals surface area contributed by atoms with Crippen molar-refractivity contribution in [3.05, 3.63) is 0 Å². The van der Waals surface area contributed by atoms with Crippen molar-refractivity contribution in [2.45, 2.75) is 32.3 Å². The van der Waals surface area contributed by atoms with Gasteiger partial charge in [0.2, 0.25) is 0 Å². The fourth-order valence-corrected chi connectivity index (χ4v) is 2.17. The number of carbonyl (C=O) groups is 1. The van der Waals surface area contributed by atoms with Crippen molar-refractivity contribution < 1.29 is 14.6 Å². The summed E-state index contributed by atoms with van der Waals surface area (Å²) in [6.45, 7) is 7.82. The van der Waals surface area contributed by atoms with Gasteiger partial charge >= 0.3 is 5.97 Å². The highest BCUT2D eigenvalue weighted by molar-refractivity contribution is 5.69. The molecule has 0 bridgehead atoms.